The smallest absolute Gasteiger partial charge is 0.417 e. The highest BCUT2D eigenvalue weighted by molar-refractivity contribution is 6.32. The van der Waals surface area contributed by atoms with E-state index in [4.69, 9.17) is 16.3 Å². The van der Waals surface area contributed by atoms with Crippen LogP contribution in [0.15, 0.2) is 48.8 Å². The Bertz CT molecular complexity index is 1030. The molecule has 1 fully saturated rings. The molecule has 0 bridgehead atoms. The summed E-state index contributed by atoms with van der Waals surface area (Å²) in [4.78, 5) is 12.4. The van der Waals surface area contributed by atoms with Gasteiger partial charge in [0.05, 0.1) is 27.9 Å². The molecular formula is C19H15ClF3N3O2. The molecule has 3 aromatic rings. The highest BCUT2D eigenvalue weighted by Crippen LogP contribution is 2.40. The van der Waals surface area contributed by atoms with Crippen molar-refractivity contribution in [3.8, 4) is 5.75 Å². The lowest BCUT2D eigenvalue weighted by Crippen LogP contribution is -2.49. The zero-order chi connectivity index (χ0) is 19.9. The van der Waals surface area contributed by atoms with Gasteiger partial charge in [0.25, 0.3) is 5.91 Å². The van der Waals surface area contributed by atoms with Gasteiger partial charge in [-0.15, -0.1) is 0 Å². The van der Waals surface area contributed by atoms with Gasteiger partial charge >= 0.3 is 6.18 Å². The van der Waals surface area contributed by atoms with Crippen LogP contribution in [0.4, 0.5) is 13.2 Å². The van der Waals surface area contributed by atoms with Gasteiger partial charge in [-0.1, -0.05) is 23.7 Å². The van der Waals surface area contributed by atoms with Crippen LogP contribution in [0.1, 0.15) is 28.8 Å². The third-order valence-corrected chi connectivity index (χ3v) is 5.05. The number of benzene rings is 1. The molecule has 5 nitrogen and oxygen atoms in total. The number of amides is 1. The van der Waals surface area contributed by atoms with E-state index in [9.17, 15) is 18.0 Å². The Kier molecular flexibility index (Phi) is 4.66. The molecule has 0 radical (unpaired) electrons. The summed E-state index contributed by atoms with van der Waals surface area (Å²) in [6.07, 6.45) is -0.636. The highest BCUT2D eigenvalue weighted by atomic mass is 35.5. The lowest BCUT2D eigenvalue weighted by atomic mass is 9.89. The predicted molar refractivity (Wildman–Crippen MR) is 96.6 cm³/mol. The van der Waals surface area contributed by atoms with E-state index in [1.807, 2.05) is 12.1 Å². The fourth-order valence-electron chi connectivity index (χ4n) is 3.15. The lowest BCUT2D eigenvalue weighted by molar-refractivity contribution is -0.137. The van der Waals surface area contributed by atoms with E-state index in [0.717, 1.165) is 6.07 Å². The number of hydrogen-bond acceptors (Lipinski definition) is 3. The van der Waals surface area contributed by atoms with Crippen LogP contribution >= 0.6 is 11.6 Å². The van der Waals surface area contributed by atoms with Crippen molar-refractivity contribution in [2.24, 2.45) is 0 Å². The summed E-state index contributed by atoms with van der Waals surface area (Å²) in [5, 5.41) is 6.57. The molecule has 0 unspecified atom stereocenters. The first-order chi connectivity index (χ1) is 13.3. The minimum atomic E-state index is -4.54. The van der Waals surface area contributed by atoms with Crippen molar-refractivity contribution in [2.75, 3.05) is 0 Å². The number of fused-ring (bicyclic) bond motifs is 1. The molecule has 0 atom stereocenters. The van der Waals surface area contributed by atoms with Gasteiger partial charge in [0.2, 0.25) is 0 Å². The Morgan fingerprint density at radius 1 is 1.21 bits per heavy atom. The maximum Gasteiger partial charge on any atom is 0.417 e. The third-order valence-electron chi connectivity index (χ3n) is 4.66. The molecular weight excluding hydrogens is 395 g/mol. The summed E-state index contributed by atoms with van der Waals surface area (Å²) in [5.74, 6) is -0.254. The van der Waals surface area contributed by atoms with Crippen LogP contribution in [-0.2, 0) is 6.18 Å². The highest BCUT2D eigenvalue weighted by Gasteiger charge is 2.36. The van der Waals surface area contributed by atoms with Crippen molar-refractivity contribution in [3.63, 3.8) is 0 Å². The molecule has 1 aliphatic rings. The minimum absolute atomic E-state index is 0.00565. The number of alkyl halides is 3. The van der Waals surface area contributed by atoms with E-state index in [1.165, 1.54) is 18.3 Å². The summed E-state index contributed by atoms with van der Waals surface area (Å²) in [6.45, 7) is 0. The maximum atomic E-state index is 12.9. The summed E-state index contributed by atoms with van der Waals surface area (Å²) in [5.41, 5.74) is 0.234. The van der Waals surface area contributed by atoms with Gasteiger partial charge in [-0.25, -0.2) is 4.52 Å². The van der Waals surface area contributed by atoms with E-state index >= 15 is 0 Å². The lowest BCUT2D eigenvalue weighted by Gasteiger charge is -2.36. The number of carbonyl (C=O) groups is 1. The van der Waals surface area contributed by atoms with Gasteiger partial charge in [-0.2, -0.15) is 18.3 Å². The number of halogens is 4. The van der Waals surface area contributed by atoms with Gasteiger partial charge in [0.15, 0.2) is 0 Å². The standard InChI is InChI=1S/C19H15ClF3N3O2/c20-17-14(19(21,22)23)4-3-6-16(17)28-12-8-11(9-12)25-18(27)13-10-24-26-7-2-1-5-15(13)26/h1-7,10-12H,8-9H2,(H,25,27)/t11-,12-. The quantitative estimate of drug-likeness (QED) is 0.697. The van der Waals surface area contributed by atoms with Crippen LogP contribution in [0.25, 0.3) is 5.52 Å². The monoisotopic (exact) mass is 409 g/mol. The maximum absolute atomic E-state index is 12.9. The van der Waals surface area contributed by atoms with Crippen molar-refractivity contribution < 1.29 is 22.7 Å². The van der Waals surface area contributed by atoms with E-state index in [1.54, 1.807) is 16.8 Å². The topological polar surface area (TPSA) is 55.6 Å². The number of hydrogen-bond donors (Lipinski definition) is 1. The third kappa shape index (κ3) is 3.52. The zero-order valence-electron chi connectivity index (χ0n) is 14.4. The molecule has 0 aliphatic heterocycles. The summed E-state index contributed by atoms with van der Waals surface area (Å²) in [6, 6.07) is 8.88. The van der Waals surface area contributed by atoms with Crippen molar-refractivity contribution in [1.82, 2.24) is 14.9 Å². The second kappa shape index (κ2) is 7.01. The first kappa shape index (κ1) is 18.6. The summed E-state index contributed by atoms with van der Waals surface area (Å²) in [7, 11) is 0. The predicted octanol–water partition coefficient (Wildman–Crippen LogP) is 4.35. The zero-order valence-corrected chi connectivity index (χ0v) is 15.2. The van der Waals surface area contributed by atoms with Crippen molar-refractivity contribution in [3.05, 3.63) is 64.9 Å². The normalized spacial score (nSPS) is 19.3. The molecule has 28 heavy (non-hydrogen) atoms. The SMILES string of the molecule is O=C(N[C@H]1C[C@H](Oc2cccc(C(F)(F)F)c2Cl)C1)c1cnn2ccccc12. The Labute approximate surface area is 163 Å². The van der Waals surface area contributed by atoms with Crippen LogP contribution in [-0.4, -0.2) is 27.7 Å². The Morgan fingerprint density at radius 2 is 2.00 bits per heavy atom. The van der Waals surface area contributed by atoms with Crippen LogP contribution < -0.4 is 10.1 Å². The van der Waals surface area contributed by atoms with Gasteiger partial charge < -0.3 is 10.1 Å². The molecule has 1 amide bonds. The number of aromatic nitrogens is 2. The molecule has 1 N–H and O–H groups in total. The minimum Gasteiger partial charge on any atom is -0.489 e. The molecule has 2 aromatic heterocycles. The van der Waals surface area contributed by atoms with Crippen LogP contribution in [0.3, 0.4) is 0 Å². The fourth-order valence-corrected chi connectivity index (χ4v) is 3.43. The number of rotatable bonds is 4. The molecule has 9 heteroatoms. The van der Waals surface area contributed by atoms with Gasteiger partial charge in [-0.05, 0) is 24.3 Å². The second-order valence-corrected chi connectivity index (χ2v) is 6.96. The first-order valence-corrected chi connectivity index (χ1v) is 8.96. The van der Waals surface area contributed by atoms with Crippen molar-refractivity contribution >= 4 is 23.0 Å². The molecule has 0 saturated heterocycles. The number of nitrogens with one attached hydrogen (secondary N) is 1. The number of nitrogens with zero attached hydrogens (tertiary/aromatic N) is 2. The van der Waals surface area contributed by atoms with Gasteiger partial charge in [0, 0.05) is 25.1 Å². The van der Waals surface area contributed by atoms with Crippen molar-refractivity contribution in [1.29, 1.82) is 0 Å². The Morgan fingerprint density at radius 3 is 2.75 bits per heavy atom. The molecule has 1 saturated carbocycles. The summed E-state index contributed by atoms with van der Waals surface area (Å²) >= 11 is 5.84. The van der Waals surface area contributed by atoms with Gasteiger partial charge in [0.1, 0.15) is 11.9 Å². The van der Waals surface area contributed by atoms with Crippen LogP contribution in [0, 0.1) is 0 Å². The number of ether oxygens (including phenoxy) is 1. The number of pyridine rings is 1. The molecule has 2 heterocycles. The van der Waals surface area contributed by atoms with E-state index < -0.39 is 16.8 Å². The van der Waals surface area contributed by atoms with Crippen LogP contribution in [0.5, 0.6) is 5.75 Å². The average Bonchev–Trinajstić information content (AvgIpc) is 3.04. The molecule has 146 valence electrons. The Balaban J connectivity index is 1.36. The largest absolute Gasteiger partial charge is 0.489 e. The fraction of sp³-hybridized carbons (Fsp3) is 0.263. The number of carbonyl (C=O) groups excluding carboxylic acids is 1. The van der Waals surface area contributed by atoms with E-state index in [2.05, 4.69) is 10.4 Å². The average molecular weight is 410 g/mol. The molecule has 4 rings (SSSR count). The summed E-state index contributed by atoms with van der Waals surface area (Å²) < 4.78 is 46.0. The van der Waals surface area contributed by atoms with Gasteiger partial charge in [-0.3, -0.25) is 4.79 Å². The Hall–Kier alpha value is -2.74. The van der Waals surface area contributed by atoms with E-state index in [-0.39, 0.29) is 23.8 Å². The second-order valence-electron chi connectivity index (χ2n) is 6.59. The molecule has 1 aromatic carbocycles. The molecule has 0 spiro atoms. The van der Waals surface area contributed by atoms with Crippen molar-refractivity contribution in [2.45, 2.75) is 31.2 Å². The van der Waals surface area contributed by atoms with Crippen LogP contribution in [0.2, 0.25) is 5.02 Å². The molecule has 1 aliphatic carbocycles. The van der Waals surface area contributed by atoms with E-state index in [0.29, 0.717) is 23.9 Å². The first-order valence-electron chi connectivity index (χ1n) is 8.58.